The molecule has 1 aromatic rings. The maximum atomic E-state index is 13.1. The van der Waals surface area contributed by atoms with E-state index in [0.29, 0.717) is 43.8 Å². The van der Waals surface area contributed by atoms with Crippen LogP contribution in [0.15, 0.2) is 23.1 Å². The average molecular weight is 481 g/mol. The number of hydrogen-bond donors (Lipinski definition) is 0. The Balaban J connectivity index is 1.48. The highest BCUT2D eigenvalue weighted by Crippen LogP contribution is 2.35. The fourth-order valence-corrected chi connectivity index (χ4v) is 6.93. The van der Waals surface area contributed by atoms with Crippen LogP contribution in [0.4, 0.5) is 11.4 Å². The summed E-state index contributed by atoms with van der Waals surface area (Å²) in [5.41, 5.74) is 0.377. The summed E-state index contributed by atoms with van der Waals surface area (Å²) in [6, 6.07) is 4.85. The van der Waals surface area contributed by atoms with Gasteiger partial charge in [-0.3, -0.25) is 15.0 Å². The van der Waals surface area contributed by atoms with Crippen molar-refractivity contribution < 1.29 is 18.1 Å². The van der Waals surface area contributed by atoms with Gasteiger partial charge in [-0.1, -0.05) is 6.92 Å². The third-order valence-corrected chi connectivity index (χ3v) is 9.19. The second-order valence-corrected chi connectivity index (χ2v) is 11.9. The van der Waals surface area contributed by atoms with Crippen molar-refractivity contribution in [3.8, 4) is 0 Å². The van der Waals surface area contributed by atoms with Gasteiger partial charge in [0.2, 0.25) is 10.0 Å². The summed E-state index contributed by atoms with van der Waals surface area (Å²) in [7, 11) is -3.73. The van der Waals surface area contributed by atoms with Crippen LogP contribution in [0, 0.1) is 16.0 Å². The number of piperidine rings is 2. The molecule has 0 amide bonds. The molecule has 3 aliphatic heterocycles. The molecule has 0 aliphatic carbocycles. The lowest BCUT2D eigenvalue weighted by Crippen LogP contribution is -2.53. The highest BCUT2D eigenvalue weighted by Gasteiger charge is 2.34. The van der Waals surface area contributed by atoms with E-state index in [0.717, 1.165) is 38.8 Å². The standard InChI is InChI=1S/C23H36N4O5S/c1-17-6-12-26(13-7-17)33(30,31)21-4-5-22(23(14-21)27(28)29)24-10-8-20(9-11-24)25-15-18(2)32-19(3)16-25/h4-5,14,17-20H,6-13,15-16H2,1-3H3/t18-,19+. The van der Waals surface area contributed by atoms with Gasteiger partial charge < -0.3 is 9.64 Å². The molecule has 9 nitrogen and oxygen atoms in total. The maximum Gasteiger partial charge on any atom is 0.293 e. The summed E-state index contributed by atoms with van der Waals surface area (Å²) >= 11 is 0. The number of hydrogen-bond acceptors (Lipinski definition) is 7. The fraction of sp³-hybridized carbons (Fsp3) is 0.739. The number of nitrogens with zero attached hydrogens (tertiary/aromatic N) is 4. The molecule has 184 valence electrons. The van der Waals surface area contributed by atoms with Crippen molar-refractivity contribution in [2.24, 2.45) is 5.92 Å². The number of nitro benzene ring substituents is 1. The van der Waals surface area contributed by atoms with E-state index in [1.165, 1.54) is 16.4 Å². The van der Waals surface area contributed by atoms with E-state index in [-0.39, 0.29) is 22.8 Å². The SMILES string of the molecule is CC1CCN(S(=O)(=O)c2ccc(N3CCC(N4C[C@@H](C)O[C@@H](C)C4)CC3)c([N+](=O)[O-])c2)CC1. The zero-order chi connectivity index (χ0) is 23.8. The van der Waals surface area contributed by atoms with Crippen LogP contribution >= 0.6 is 0 Å². The maximum absolute atomic E-state index is 13.1. The monoisotopic (exact) mass is 480 g/mol. The van der Waals surface area contributed by atoms with Crippen molar-refractivity contribution in [1.82, 2.24) is 9.21 Å². The van der Waals surface area contributed by atoms with E-state index in [1.54, 1.807) is 6.07 Å². The molecule has 3 saturated heterocycles. The van der Waals surface area contributed by atoms with Crippen LogP contribution in [-0.4, -0.2) is 80.1 Å². The second kappa shape index (κ2) is 9.85. The van der Waals surface area contributed by atoms with Gasteiger partial charge in [0, 0.05) is 51.4 Å². The minimum absolute atomic E-state index is 0.0127. The molecule has 3 aliphatic rings. The smallest absolute Gasteiger partial charge is 0.293 e. The van der Waals surface area contributed by atoms with Crippen molar-refractivity contribution in [3.63, 3.8) is 0 Å². The minimum atomic E-state index is -3.73. The largest absolute Gasteiger partial charge is 0.373 e. The third-order valence-electron chi connectivity index (χ3n) is 7.29. The van der Waals surface area contributed by atoms with E-state index in [4.69, 9.17) is 4.74 Å². The van der Waals surface area contributed by atoms with Crippen molar-refractivity contribution >= 4 is 21.4 Å². The van der Waals surface area contributed by atoms with Crippen LogP contribution in [-0.2, 0) is 14.8 Å². The van der Waals surface area contributed by atoms with Gasteiger partial charge in [0.25, 0.3) is 5.69 Å². The molecular weight excluding hydrogens is 444 g/mol. The lowest BCUT2D eigenvalue weighted by Gasteiger charge is -2.44. The van der Waals surface area contributed by atoms with E-state index in [9.17, 15) is 18.5 Å². The number of sulfonamides is 1. The second-order valence-electron chi connectivity index (χ2n) is 9.92. The number of benzene rings is 1. The summed E-state index contributed by atoms with van der Waals surface area (Å²) in [6.07, 6.45) is 3.89. The summed E-state index contributed by atoms with van der Waals surface area (Å²) in [5.74, 6) is 0.500. The molecule has 0 bridgehead atoms. The molecule has 0 aromatic heterocycles. The van der Waals surface area contributed by atoms with Crippen molar-refractivity contribution in [3.05, 3.63) is 28.3 Å². The minimum Gasteiger partial charge on any atom is -0.373 e. The average Bonchev–Trinajstić information content (AvgIpc) is 2.78. The molecule has 0 spiro atoms. The molecule has 3 heterocycles. The molecule has 0 saturated carbocycles. The Hall–Kier alpha value is -1.75. The number of rotatable bonds is 5. The van der Waals surface area contributed by atoms with Gasteiger partial charge in [0.15, 0.2) is 0 Å². The topological polar surface area (TPSA) is 96.2 Å². The number of morpholine rings is 1. The van der Waals surface area contributed by atoms with Crippen LogP contribution < -0.4 is 4.90 Å². The molecule has 33 heavy (non-hydrogen) atoms. The first kappa shape index (κ1) is 24.4. The Labute approximate surface area is 196 Å². The molecule has 0 unspecified atom stereocenters. The van der Waals surface area contributed by atoms with Gasteiger partial charge in [0.1, 0.15) is 5.69 Å². The predicted octanol–water partition coefficient (Wildman–Crippen LogP) is 3.09. The molecule has 2 atom stereocenters. The molecule has 10 heteroatoms. The van der Waals surface area contributed by atoms with Crippen molar-refractivity contribution in [2.45, 2.75) is 69.6 Å². The zero-order valence-corrected chi connectivity index (χ0v) is 20.7. The van der Waals surface area contributed by atoms with E-state index in [2.05, 4.69) is 25.7 Å². The van der Waals surface area contributed by atoms with Gasteiger partial charge in [-0.15, -0.1) is 0 Å². The summed E-state index contributed by atoms with van der Waals surface area (Å²) in [6.45, 7) is 10.5. The lowest BCUT2D eigenvalue weighted by molar-refractivity contribution is -0.384. The molecule has 4 rings (SSSR count). The van der Waals surface area contributed by atoms with E-state index < -0.39 is 14.9 Å². The highest BCUT2D eigenvalue weighted by atomic mass is 32.2. The fourth-order valence-electron chi connectivity index (χ4n) is 5.44. The Kier molecular flexibility index (Phi) is 7.28. The third kappa shape index (κ3) is 5.34. The molecule has 3 fully saturated rings. The van der Waals surface area contributed by atoms with Crippen LogP contribution in [0.2, 0.25) is 0 Å². The van der Waals surface area contributed by atoms with Gasteiger partial charge in [-0.05, 0) is 57.6 Å². The summed E-state index contributed by atoms with van der Waals surface area (Å²) in [4.78, 5) is 16.0. The first-order valence-corrected chi connectivity index (χ1v) is 13.5. The number of nitro groups is 1. The van der Waals surface area contributed by atoms with Crippen LogP contribution in [0.1, 0.15) is 46.5 Å². The van der Waals surface area contributed by atoms with Crippen LogP contribution in [0.3, 0.4) is 0 Å². The van der Waals surface area contributed by atoms with Crippen LogP contribution in [0.5, 0.6) is 0 Å². The first-order chi connectivity index (χ1) is 15.6. The predicted molar refractivity (Wildman–Crippen MR) is 127 cm³/mol. The van der Waals surface area contributed by atoms with E-state index >= 15 is 0 Å². The van der Waals surface area contributed by atoms with Gasteiger partial charge in [0.05, 0.1) is 22.0 Å². The summed E-state index contributed by atoms with van der Waals surface area (Å²) < 4.78 is 33.5. The number of anilines is 1. The zero-order valence-electron chi connectivity index (χ0n) is 19.9. The van der Waals surface area contributed by atoms with Gasteiger partial charge in [-0.2, -0.15) is 4.31 Å². The molecule has 0 N–H and O–H groups in total. The van der Waals surface area contributed by atoms with E-state index in [1.807, 2.05) is 4.90 Å². The quantitative estimate of drug-likeness (QED) is 0.472. The van der Waals surface area contributed by atoms with Gasteiger partial charge in [-0.25, -0.2) is 8.42 Å². The number of ether oxygens (including phenoxy) is 1. The molecular formula is C23H36N4O5S. The molecule has 1 aromatic carbocycles. The van der Waals surface area contributed by atoms with Crippen LogP contribution in [0.25, 0.3) is 0 Å². The Morgan fingerprint density at radius 2 is 1.58 bits per heavy atom. The summed E-state index contributed by atoms with van der Waals surface area (Å²) in [5, 5.41) is 11.9. The highest BCUT2D eigenvalue weighted by molar-refractivity contribution is 7.89. The Bertz CT molecular complexity index is 946. The first-order valence-electron chi connectivity index (χ1n) is 12.1. The van der Waals surface area contributed by atoms with Crippen molar-refractivity contribution in [1.29, 1.82) is 0 Å². The lowest BCUT2D eigenvalue weighted by atomic mass is 10.0. The van der Waals surface area contributed by atoms with Crippen molar-refractivity contribution in [2.75, 3.05) is 44.2 Å². The Morgan fingerprint density at radius 3 is 2.15 bits per heavy atom. The molecule has 0 radical (unpaired) electrons. The van der Waals surface area contributed by atoms with Gasteiger partial charge >= 0.3 is 0 Å². The Morgan fingerprint density at radius 1 is 0.970 bits per heavy atom. The normalized spacial score (nSPS) is 27.1.